The van der Waals surface area contributed by atoms with E-state index in [-0.39, 0.29) is 24.7 Å². The van der Waals surface area contributed by atoms with Crippen LogP contribution in [0.15, 0.2) is 11.6 Å². The van der Waals surface area contributed by atoms with E-state index in [2.05, 4.69) is 0 Å². The lowest BCUT2D eigenvalue weighted by Crippen LogP contribution is -2.55. The molecule has 5 nitrogen and oxygen atoms in total. The first kappa shape index (κ1) is 17.2. The minimum absolute atomic E-state index is 0.161. The van der Waals surface area contributed by atoms with Crippen molar-refractivity contribution in [2.75, 3.05) is 6.61 Å². The van der Waals surface area contributed by atoms with Gasteiger partial charge in [-0.2, -0.15) is 0 Å². The number of esters is 1. The fourth-order valence-electron chi connectivity index (χ4n) is 3.84. The van der Waals surface area contributed by atoms with E-state index in [0.717, 1.165) is 18.4 Å². The van der Waals surface area contributed by atoms with E-state index in [0.29, 0.717) is 12.8 Å². The summed E-state index contributed by atoms with van der Waals surface area (Å²) in [5, 5.41) is 19.7. The van der Waals surface area contributed by atoms with Crippen LogP contribution >= 0.6 is 0 Å². The number of carbonyl (C=O) groups is 2. The van der Waals surface area contributed by atoms with Gasteiger partial charge in [0.05, 0.1) is 5.92 Å². The van der Waals surface area contributed by atoms with Crippen molar-refractivity contribution < 1.29 is 24.5 Å². The van der Waals surface area contributed by atoms with Crippen LogP contribution < -0.4 is 0 Å². The molecule has 0 aromatic rings. The molecular formula is C17H26O5. The molecule has 1 heterocycles. The van der Waals surface area contributed by atoms with Gasteiger partial charge in [-0.05, 0) is 45.4 Å². The Morgan fingerprint density at radius 2 is 2.14 bits per heavy atom. The predicted octanol–water partition coefficient (Wildman–Crippen LogP) is 1.76. The monoisotopic (exact) mass is 310 g/mol. The zero-order chi connectivity index (χ0) is 16.5. The van der Waals surface area contributed by atoms with Gasteiger partial charge >= 0.3 is 5.97 Å². The highest BCUT2D eigenvalue weighted by molar-refractivity contribution is 6.00. The van der Waals surface area contributed by atoms with Gasteiger partial charge in [-0.1, -0.05) is 18.6 Å². The first-order chi connectivity index (χ1) is 10.3. The Hall–Kier alpha value is -1.20. The number of rotatable bonds is 6. The highest BCUT2D eigenvalue weighted by Gasteiger charge is 2.71. The van der Waals surface area contributed by atoms with E-state index in [1.165, 1.54) is 0 Å². The molecule has 2 rings (SSSR count). The van der Waals surface area contributed by atoms with Crippen molar-refractivity contribution >= 4 is 11.8 Å². The molecule has 0 radical (unpaired) electrons. The van der Waals surface area contributed by atoms with Gasteiger partial charge in [0.25, 0.3) is 0 Å². The van der Waals surface area contributed by atoms with Gasteiger partial charge in [-0.15, -0.1) is 0 Å². The summed E-state index contributed by atoms with van der Waals surface area (Å²) in [6.07, 6.45) is 4.83. The molecular weight excluding hydrogens is 284 g/mol. The molecule has 2 aliphatic rings. The maximum atomic E-state index is 12.3. The minimum atomic E-state index is -1.68. The second-order valence-corrected chi connectivity index (χ2v) is 6.92. The molecule has 2 N–H and O–H groups in total. The number of allylic oxidation sites excluding steroid dienone is 2. The fraction of sp³-hybridized carbons (Fsp3) is 0.765. The number of ether oxygens (including phenoxy) is 1. The highest BCUT2D eigenvalue weighted by atomic mass is 16.6. The summed E-state index contributed by atoms with van der Waals surface area (Å²) < 4.78 is 5.44. The molecule has 1 aliphatic carbocycles. The zero-order valence-corrected chi connectivity index (χ0v) is 13.6. The van der Waals surface area contributed by atoms with Gasteiger partial charge in [0.1, 0.15) is 5.60 Å². The Kier molecular flexibility index (Phi) is 4.78. The van der Waals surface area contributed by atoms with E-state index in [9.17, 15) is 14.7 Å². The second kappa shape index (κ2) is 6.13. The van der Waals surface area contributed by atoms with Crippen molar-refractivity contribution in [1.82, 2.24) is 0 Å². The Labute approximate surface area is 131 Å². The molecule has 4 atom stereocenters. The molecule has 0 amide bonds. The van der Waals surface area contributed by atoms with Gasteiger partial charge in [0, 0.05) is 13.0 Å². The van der Waals surface area contributed by atoms with Gasteiger partial charge in [-0.25, -0.2) is 0 Å². The summed E-state index contributed by atoms with van der Waals surface area (Å²) in [6.45, 7) is 5.62. The molecule has 1 saturated carbocycles. The van der Waals surface area contributed by atoms with Gasteiger partial charge in [0.15, 0.2) is 11.4 Å². The van der Waals surface area contributed by atoms with E-state index < -0.39 is 23.1 Å². The number of fused-ring (bicyclic) bond motifs is 1. The Morgan fingerprint density at radius 3 is 2.77 bits per heavy atom. The van der Waals surface area contributed by atoms with Crippen LogP contribution in [0.1, 0.15) is 52.9 Å². The number of aliphatic hydroxyl groups excluding tert-OH is 1. The molecule has 0 aromatic heterocycles. The first-order valence-corrected chi connectivity index (χ1v) is 8.01. The molecule has 0 aromatic carbocycles. The van der Waals surface area contributed by atoms with Crippen LogP contribution in [0.4, 0.5) is 0 Å². The minimum Gasteiger partial charge on any atom is -0.455 e. The predicted molar refractivity (Wildman–Crippen MR) is 81.0 cm³/mol. The van der Waals surface area contributed by atoms with Crippen LogP contribution in [0.25, 0.3) is 0 Å². The summed E-state index contributed by atoms with van der Waals surface area (Å²) in [5.41, 5.74) is -1.68. The first-order valence-electron chi connectivity index (χ1n) is 8.01. The summed E-state index contributed by atoms with van der Waals surface area (Å²) >= 11 is 0. The van der Waals surface area contributed by atoms with Gasteiger partial charge in [0.2, 0.25) is 0 Å². The van der Waals surface area contributed by atoms with Crippen molar-refractivity contribution in [3.8, 4) is 0 Å². The average Bonchev–Trinajstić information content (AvgIpc) is 2.79. The van der Waals surface area contributed by atoms with Crippen LogP contribution in [0.3, 0.4) is 0 Å². The van der Waals surface area contributed by atoms with E-state index in [1.807, 2.05) is 19.9 Å². The Balaban J connectivity index is 2.10. The second-order valence-electron chi connectivity index (χ2n) is 6.92. The molecule has 2 fully saturated rings. The summed E-state index contributed by atoms with van der Waals surface area (Å²) in [4.78, 5) is 24.4. The summed E-state index contributed by atoms with van der Waals surface area (Å²) in [5.74, 6) is -1.64. The third-order valence-electron chi connectivity index (χ3n) is 5.18. The van der Waals surface area contributed by atoms with Crippen LogP contribution in [0.5, 0.6) is 0 Å². The van der Waals surface area contributed by atoms with Crippen molar-refractivity contribution in [2.45, 2.75) is 64.1 Å². The smallest absolute Gasteiger partial charge is 0.313 e. The number of ketones is 1. The molecule has 1 saturated heterocycles. The lowest BCUT2D eigenvalue weighted by atomic mass is 9.75. The molecule has 0 bridgehead atoms. The van der Waals surface area contributed by atoms with Crippen molar-refractivity contribution in [3.05, 3.63) is 11.6 Å². The van der Waals surface area contributed by atoms with Crippen LogP contribution in [0, 0.1) is 11.8 Å². The van der Waals surface area contributed by atoms with Gasteiger partial charge < -0.3 is 14.9 Å². The number of aliphatic hydroxyl groups is 2. The molecule has 1 aliphatic heterocycles. The maximum absolute atomic E-state index is 12.3. The largest absolute Gasteiger partial charge is 0.455 e. The van der Waals surface area contributed by atoms with Crippen LogP contribution in [-0.4, -0.2) is 39.8 Å². The molecule has 124 valence electrons. The SMILES string of the molecule is C/C(=C\CC[C@@]1(C)OC(=O)[C@H]2[C@@H](C)CC(=O)[C@]21O)CCCO. The van der Waals surface area contributed by atoms with E-state index in [1.54, 1.807) is 6.92 Å². The third-order valence-corrected chi connectivity index (χ3v) is 5.18. The number of hydrogen-bond donors (Lipinski definition) is 2. The quantitative estimate of drug-likeness (QED) is 0.577. The molecule has 22 heavy (non-hydrogen) atoms. The lowest BCUT2D eigenvalue weighted by Gasteiger charge is -2.35. The number of Topliss-reactive ketones (excluding diaryl/α,β-unsaturated/α-hetero) is 1. The maximum Gasteiger partial charge on any atom is 0.313 e. The Morgan fingerprint density at radius 1 is 1.45 bits per heavy atom. The van der Waals surface area contributed by atoms with Crippen molar-refractivity contribution in [2.24, 2.45) is 11.8 Å². The highest BCUT2D eigenvalue weighted by Crippen LogP contribution is 2.53. The van der Waals surface area contributed by atoms with E-state index >= 15 is 0 Å². The molecule has 5 heteroatoms. The number of carbonyl (C=O) groups excluding carboxylic acids is 2. The Bertz CT molecular complexity index is 497. The van der Waals surface area contributed by atoms with Crippen LogP contribution in [0.2, 0.25) is 0 Å². The van der Waals surface area contributed by atoms with E-state index in [4.69, 9.17) is 9.84 Å². The standard InChI is InChI=1S/C17H26O5/c1-11(7-5-9-18)6-4-8-16(3)17(21)13(19)10-12(2)14(17)15(20)22-16/h6,12,14,18,21H,4-5,7-10H2,1-3H3/b11-6+/t12-,14+,16+,17-/m0/s1. The third kappa shape index (κ3) is 2.61. The average molecular weight is 310 g/mol. The zero-order valence-electron chi connectivity index (χ0n) is 13.6. The molecule has 0 spiro atoms. The fourth-order valence-corrected chi connectivity index (χ4v) is 3.84. The normalized spacial score (nSPS) is 38.3. The topological polar surface area (TPSA) is 83.8 Å². The number of cyclic esters (lactones) is 1. The van der Waals surface area contributed by atoms with Gasteiger partial charge in [-0.3, -0.25) is 9.59 Å². The van der Waals surface area contributed by atoms with Crippen molar-refractivity contribution in [3.63, 3.8) is 0 Å². The number of hydrogen-bond acceptors (Lipinski definition) is 5. The summed E-state index contributed by atoms with van der Waals surface area (Å²) in [6, 6.07) is 0. The molecule has 0 unspecified atom stereocenters. The summed E-state index contributed by atoms with van der Waals surface area (Å²) in [7, 11) is 0. The van der Waals surface area contributed by atoms with Crippen LogP contribution in [-0.2, 0) is 14.3 Å². The van der Waals surface area contributed by atoms with Crippen molar-refractivity contribution in [1.29, 1.82) is 0 Å². The lowest BCUT2D eigenvalue weighted by molar-refractivity contribution is -0.163.